The molecule has 0 amide bonds. The first-order chi connectivity index (χ1) is 14.1. The molecular weight excluding hydrogens is 372 g/mol. The van der Waals surface area contributed by atoms with Crippen LogP contribution in [0.4, 0.5) is 0 Å². The molecule has 168 valence electrons. The second kappa shape index (κ2) is 7.89. The van der Waals surface area contributed by atoms with E-state index in [0.29, 0.717) is 30.1 Å². The molecule has 2 N–H and O–H groups in total. The van der Waals surface area contributed by atoms with Gasteiger partial charge in [-0.2, -0.15) is 0 Å². The second-order valence-electron chi connectivity index (χ2n) is 11.9. The molecule has 0 radical (unpaired) electrons. The molecule has 8 atom stereocenters. The number of hydrogen-bond donors (Lipinski definition) is 2. The van der Waals surface area contributed by atoms with E-state index >= 15 is 0 Å². The maximum absolute atomic E-state index is 12.4. The van der Waals surface area contributed by atoms with Gasteiger partial charge in [0.15, 0.2) is 5.78 Å². The van der Waals surface area contributed by atoms with Gasteiger partial charge in [0.25, 0.3) is 0 Å². The Morgan fingerprint density at radius 2 is 1.90 bits per heavy atom. The summed E-state index contributed by atoms with van der Waals surface area (Å²) in [7, 11) is 0. The largest absolute Gasteiger partial charge is 0.393 e. The highest BCUT2D eigenvalue weighted by Crippen LogP contribution is 2.66. The summed E-state index contributed by atoms with van der Waals surface area (Å²) in [6.07, 6.45) is 11.4. The van der Waals surface area contributed by atoms with Crippen LogP contribution in [0.25, 0.3) is 0 Å². The third-order valence-electron chi connectivity index (χ3n) is 9.56. The van der Waals surface area contributed by atoms with Crippen LogP contribution in [0.15, 0.2) is 23.3 Å². The van der Waals surface area contributed by atoms with Gasteiger partial charge in [0.05, 0.1) is 12.2 Å². The molecular formula is C27H42O3. The van der Waals surface area contributed by atoms with Gasteiger partial charge in [0.1, 0.15) is 0 Å². The van der Waals surface area contributed by atoms with Crippen molar-refractivity contribution in [1.82, 2.24) is 0 Å². The number of aliphatic hydroxyl groups excluding tert-OH is 2. The number of allylic oxidation sites excluding steroid dienone is 4. The van der Waals surface area contributed by atoms with Gasteiger partial charge in [-0.1, -0.05) is 44.9 Å². The molecule has 0 aromatic heterocycles. The minimum Gasteiger partial charge on any atom is -0.393 e. The maximum atomic E-state index is 12.4. The van der Waals surface area contributed by atoms with E-state index in [1.54, 1.807) is 5.57 Å². The maximum Gasteiger partial charge on any atom is 0.155 e. The minimum absolute atomic E-state index is 0.0408. The number of rotatable bonds is 4. The molecule has 0 aromatic carbocycles. The Morgan fingerprint density at radius 3 is 2.60 bits per heavy atom. The lowest BCUT2D eigenvalue weighted by Crippen LogP contribution is -2.53. The first-order valence-corrected chi connectivity index (χ1v) is 12.3. The van der Waals surface area contributed by atoms with E-state index < -0.39 is 0 Å². The molecule has 0 spiro atoms. The average molecular weight is 415 g/mol. The highest BCUT2D eigenvalue weighted by Gasteiger charge is 2.59. The van der Waals surface area contributed by atoms with Crippen molar-refractivity contribution in [3.63, 3.8) is 0 Å². The fourth-order valence-electron chi connectivity index (χ4n) is 8.12. The predicted octanol–water partition coefficient (Wildman–Crippen LogP) is 5.46. The SMILES string of the molecule is CC(=CC(=O)CC(C)C)[C@H]1CC[C@H]2[C@@H]3C[C@H](O)[C@H]4C[C@@H](O)CC[C@]4(C)C3=CC[C@]12C. The van der Waals surface area contributed by atoms with E-state index in [1.807, 2.05) is 6.08 Å². The van der Waals surface area contributed by atoms with Crippen LogP contribution in [0, 0.1) is 40.4 Å². The first kappa shape index (κ1) is 22.3. The van der Waals surface area contributed by atoms with E-state index in [1.165, 1.54) is 12.0 Å². The van der Waals surface area contributed by atoms with E-state index in [9.17, 15) is 15.0 Å². The summed E-state index contributed by atoms with van der Waals surface area (Å²) in [5.41, 5.74) is 3.08. The van der Waals surface area contributed by atoms with Crippen molar-refractivity contribution in [2.24, 2.45) is 40.4 Å². The van der Waals surface area contributed by atoms with Crippen molar-refractivity contribution in [3.05, 3.63) is 23.3 Å². The van der Waals surface area contributed by atoms with E-state index in [-0.39, 0.29) is 34.7 Å². The molecule has 30 heavy (non-hydrogen) atoms. The molecule has 0 saturated heterocycles. The summed E-state index contributed by atoms with van der Waals surface area (Å²) in [6, 6.07) is 0. The Kier molecular flexibility index (Phi) is 5.85. The zero-order valence-electron chi connectivity index (χ0n) is 19.7. The Balaban J connectivity index is 1.61. The molecule has 0 unspecified atom stereocenters. The normalized spacial score (nSPS) is 46.1. The van der Waals surface area contributed by atoms with Crippen LogP contribution in [-0.2, 0) is 4.79 Å². The molecule has 0 aromatic rings. The lowest BCUT2D eigenvalue weighted by Gasteiger charge is -2.58. The summed E-state index contributed by atoms with van der Waals surface area (Å²) < 4.78 is 0. The van der Waals surface area contributed by atoms with Gasteiger partial charge in [-0.3, -0.25) is 4.79 Å². The van der Waals surface area contributed by atoms with Gasteiger partial charge < -0.3 is 10.2 Å². The minimum atomic E-state index is -0.308. The van der Waals surface area contributed by atoms with E-state index in [0.717, 1.165) is 38.5 Å². The fourth-order valence-corrected chi connectivity index (χ4v) is 8.12. The molecule has 4 aliphatic rings. The molecule has 3 heteroatoms. The van der Waals surface area contributed by atoms with Crippen LogP contribution in [0.1, 0.15) is 86.0 Å². The van der Waals surface area contributed by atoms with Gasteiger partial charge in [-0.05, 0) is 98.4 Å². The third kappa shape index (κ3) is 3.54. The average Bonchev–Trinajstić information content (AvgIpc) is 3.00. The first-order valence-electron chi connectivity index (χ1n) is 12.3. The predicted molar refractivity (Wildman–Crippen MR) is 121 cm³/mol. The molecule has 3 fully saturated rings. The zero-order valence-corrected chi connectivity index (χ0v) is 19.7. The number of hydrogen-bond acceptors (Lipinski definition) is 3. The van der Waals surface area contributed by atoms with Crippen LogP contribution in [0.3, 0.4) is 0 Å². The number of carbonyl (C=O) groups is 1. The van der Waals surface area contributed by atoms with Crippen LogP contribution >= 0.6 is 0 Å². The van der Waals surface area contributed by atoms with Gasteiger partial charge in [0.2, 0.25) is 0 Å². The molecule has 3 saturated carbocycles. The number of carbonyl (C=O) groups excluding carboxylic acids is 1. The topological polar surface area (TPSA) is 57.5 Å². The van der Waals surface area contributed by atoms with Crippen molar-refractivity contribution in [2.75, 3.05) is 0 Å². The van der Waals surface area contributed by atoms with E-state index in [4.69, 9.17) is 0 Å². The van der Waals surface area contributed by atoms with Crippen LogP contribution in [-0.4, -0.2) is 28.2 Å². The van der Waals surface area contributed by atoms with Gasteiger partial charge >= 0.3 is 0 Å². The van der Waals surface area contributed by atoms with Gasteiger partial charge in [-0.15, -0.1) is 0 Å². The molecule has 0 bridgehead atoms. The zero-order chi connectivity index (χ0) is 21.8. The van der Waals surface area contributed by atoms with Crippen molar-refractivity contribution in [2.45, 2.75) is 98.2 Å². The van der Waals surface area contributed by atoms with E-state index in [2.05, 4.69) is 40.7 Å². The number of aliphatic hydroxyl groups is 2. The molecule has 4 rings (SSSR count). The standard InChI is InChI=1S/C27H42O3/c1-16(2)12-19(29)13-17(3)21-6-7-22-20-15-25(30)24-14-18(28)8-10-27(24,5)23(20)9-11-26(21,22)4/h9,13,16,18,20-22,24-25,28,30H,6-8,10-12,14-15H2,1-5H3/t18-,20-,21+,22-,24+,25-,26+,27+/m0/s1. The summed E-state index contributed by atoms with van der Waals surface area (Å²) in [5.74, 6) is 2.38. The summed E-state index contributed by atoms with van der Waals surface area (Å²) in [5, 5.41) is 21.3. The van der Waals surface area contributed by atoms with Crippen LogP contribution < -0.4 is 0 Å². The Morgan fingerprint density at radius 1 is 1.17 bits per heavy atom. The lowest BCUT2D eigenvalue weighted by molar-refractivity contribution is -0.115. The summed E-state index contributed by atoms with van der Waals surface area (Å²) in [6.45, 7) is 11.2. The molecule has 0 aliphatic heterocycles. The molecule has 3 nitrogen and oxygen atoms in total. The smallest absolute Gasteiger partial charge is 0.155 e. The third-order valence-corrected chi connectivity index (χ3v) is 9.56. The number of ketones is 1. The monoisotopic (exact) mass is 414 g/mol. The molecule has 4 aliphatic carbocycles. The van der Waals surface area contributed by atoms with Crippen molar-refractivity contribution in [3.8, 4) is 0 Å². The highest BCUT2D eigenvalue weighted by molar-refractivity contribution is 5.90. The Bertz CT molecular complexity index is 749. The van der Waals surface area contributed by atoms with Gasteiger partial charge in [0, 0.05) is 6.42 Å². The van der Waals surface area contributed by atoms with Crippen molar-refractivity contribution in [1.29, 1.82) is 0 Å². The summed E-state index contributed by atoms with van der Waals surface area (Å²) in [4.78, 5) is 12.4. The van der Waals surface area contributed by atoms with Crippen LogP contribution in [0.2, 0.25) is 0 Å². The number of fused-ring (bicyclic) bond motifs is 5. The second-order valence-corrected chi connectivity index (χ2v) is 11.9. The lowest BCUT2D eigenvalue weighted by atomic mass is 9.48. The Labute approximate surface area is 183 Å². The highest BCUT2D eigenvalue weighted by atomic mass is 16.3. The van der Waals surface area contributed by atoms with Crippen molar-refractivity contribution >= 4 is 5.78 Å². The van der Waals surface area contributed by atoms with Crippen molar-refractivity contribution < 1.29 is 15.0 Å². The summed E-state index contributed by atoms with van der Waals surface area (Å²) >= 11 is 0. The quantitative estimate of drug-likeness (QED) is 0.474. The van der Waals surface area contributed by atoms with Crippen LogP contribution in [0.5, 0.6) is 0 Å². The Hall–Kier alpha value is -0.930. The van der Waals surface area contributed by atoms with Gasteiger partial charge in [-0.25, -0.2) is 0 Å². The molecule has 0 heterocycles. The fraction of sp³-hybridized carbons (Fsp3) is 0.815.